The molecule has 0 aliphatic heterocycles. The predicted molar refractivity (Wildman–Crippen MR) is 105 cm³/mol. The molecule has 0 amide bonds. The van der Waals surface area contributed by atoms with E-state index in [0.717, 1.165) is 0 Å². The van der Waals surface area contributed by atoms with Crippen LogP contribution in [-0.4, -0.2) is 0 Å². The van der Waals surface area contributed by atoms with Crippen molar-refractivity contribution in [2.45, 2.75) is 90.9 Å². The van der Waals surface area contributed by atoms with Crippen LogP contribution in [-0.2, 0) is 25.8 Å². The van der Waals surface area contributed by atoms with Crippen LogP contribution < -0.4 is 24.8 Å². The fourth-order valence-electron chi connectivity index (χ4n) is 2.81. The average Bonchev–Trinajstić information content (AvgIpc) is 2.41. The molecule has 0 heterocycles. The number of hydrogen-bond acceptors (Lipinski definition) is 0. The van der Waals surface area contributed by atoms with E-state index in [1.807, 2.05) is 0 Å². The monoisotopic (exact) mass is 547 g/mol. The van der Waals surface area contributed by atoms with Gasteiger partial charge in [-0.1, -0.05) is 52.4 Å². The molecule has 2 aliphatic carbocycles. The summed E-state index contributed by atoms with van der Waals surface area (Å²) in [6.45, 7) is 4.56. The molecule has 2 fully saturated rings. The van der Waals surface area contributed by atoms with Gasteiger partial charge in [0, 0.05) is 25.8 Å². The minimum Gasteiger partial charge on any atom is -1.00 e. The maximum atomic E-state index is 2.28. The van der Waals surface area contributed by atoms with Gasteiger partial charge in [-0.15, -0.1) is 0 Å². The maximum absolute atomic E-state index is 2.28. The summed E-state index contributed by atoms with van der Waals surface area (Å²) in [5, 5.41) is 0. The Labute approximate surface area is 189 Å². The second kappa shape index (κ2) is 35.5. The third-order valence-corrected chi connectivity index (χ3v) is 4.12. The summed E-state index contributed by atoms with van der Waals surface area (Å²) < 4.78 is 0. The molecule has 156 valence electrons. The van der Waals surface area contributed by atoms with Crippen LogP contribution in [0.1, 0.15) is 90.9 Å². The molecule has 0 radical (unpaired) electrons. The Bertz CT molecular complexity index is 136. The molecule has 0 aromatic carbocycles. The van der Waals surface area contributed by atoms with Crippen molar-refractivity contribution in [3.8, 4) is 0 Å². The van der Waals surface area contributed by atoms with Crippen molar-refractivity contribution in [2.24, 2.45) is 0 Å². The van der Waals surface area contributed by atoms with Crippen LogP contribution in [0.15, 0.2) is 0 Å². The molecule has 0 bridgehead atoms. The maximum Gasteiger partial charge on any atom is 0 e. The van der Waals surface area contributed by atoms with Crippen molar-refractivity contribution in [3.63, 3.8) is 0 Å². The third-order valence-electron chi connectivity index (χ3n) is 4.12. The van der Waals surface area contributed by atoms with Gasteiger partial charge < -0.3 is 73.8 Å². The Morgan fingerprint density at radius 2 is 0.708 bits per heavy atom. The Kier molecular flexibility index (Phi) is 74.0. The van der Waals surface area contributed by atoms with E-state index in [2.05, 4.69) is 13.8 Å². The molecule has 0 spiro atoms. The fraction of sp³-hybridized carbons (Fsp3) is 0.667. The Morgan fingerprint density at radius 3 is 0.833 bits per heavy atom. The van der Waals surface area contributed by atoms with Gasteiger partial charge >= 0.3 is 0 Å². The first-order valence-electron chi connectivity index (χ1n) is 7.54. The van der Waals surface area contributed by atoms with Gasteiger partial charge in [0.25, 0.3) is 0 Å². The van der Waals surface area contributed by atoms with Gasteiger partial charge in [-0.2, -0.15) is 38.5 Å². The van der Waals surface area contributed by atoms with Crippen molar-refractivity contribution >= 4 is 0 Å². The number of halogens is 2. The first-order valence-corrected chi connectivity index (χ1v) is 7.54. The van der Waals surface area contributed by atoms with Crippen LogP contribution in [0.4, 0.5) is 0 Å². The fourth-order valence-corrected chi connectivity index (χ4v) is 2.81. The molecule has 2 aliphatic rings. The van der Waals surface area contributed by atoms with Crippen molar-refractivity contribution in [3.05, 3.63) is 49.0 Å². The summed E-state index contributed by atoms with van der Waals surface area (Å²) in [4.78, 5) is 0. The SMILES string of the molecule is CC[C-]1CCCCC1.CC[C-]1CCCCC1.[CH3-].[CH3-].[CH3-].[CH3-].[CH3-].[Cl-].[Cl-].[Hf]. The molecule has 0 unspecified atom stereocenters. The summed E-state index contributed by atoms with van der Waals surface area (Å²) in [5.41, 5.74) is 0. The first kappa shape index (κ1) is 50.0. The van der Waals surface area contributed by atoms with E-state index >= 15 is 0 Å². The topological polar surface area (TPSA) is 0 Å². The minimum absolute atomic E-state index is 0. The zero-order valence-corrected chi connectivity index (χ0v) is 22.8. The standard InChI is InChI=1S/2C8H15.5CH3.2ClH.Hf/c2*1-2-8-6-4-3-5-7-8;;;;;;;;/h2*2-7H2,1H3;5*1H3;2*1H;/q7*-1;;;/p-2. The van der Waals surface area contributed by atoms with Crippen molar-refractivity contribution in [1.29, 1.82) is 0 Å². The molecule has 0 nitrogen and oxygen atoms in total. The Hall–Kier alpha value is 1.45. The van der Waals surface area contributed by atoms with Gasteiger partial charge in [-0.05, 0) is 0 Å². The van der Waals surface area contributed by atoms with Crippen LogP contribution in [0, 0.1) is 49.0 Å². The molecule has 0 saturated heterocycles. The van der Waals surface area contributed by atoms with Crippen LogP contribution in [0.5, 0.6) is 0 Å². The van der Waals surface area contributed by atoms with Gasteiger partial charge in [0.1, 0.15) is 0 Å². The molecule has 2 rings (SSSR count). The van der Waals surface area contributed by atoms with Gasteiger partial charge in [-0.25, -0.2) is 0 Å². The molecule has 24 heavy (non-hydrogen) atoms. The van der Waals surface area contributed by atoms with E-state index in [1.54, 1.807) is 11.8 Å². The quantitative estimate of drug-likeness (QED) is 0.368. The smallest absolute Gasteiger partial charge is 0 e. The summed E-state index contributed by atoms with van der Waals surface area (Å²) in [7, 11) is 0. The molecule has 2 saturated carbocycles. The second-order valence-corrected chi connectivity index (χ2v) is 5.33. The summed E-state index contributed by atoms with van der Waals surface area (Å²) in [5.74, 6) is 3.60. The van der Waals surface area contributed by atoms with Crippen molar-refractivity contribution < 1.29 is 50.7 Å². The van der Waals surface area contributed by atoms with Gasteiger partial charge in [-0.3, -0.25) is 0 Å². The van der Waals surface area contributed by atoms with E-state index in [1.165, 1.54) is 77.0 Å². The number of rotatable bonds is 2. The molecule has 0 atom stereocenters. The van der Waals surface area contributed by atoms with Gasteiger partial charge in [0.15, 0.2) is 0 Å². The summed E-state index contributed by atoms with van der Waals surface area (Å²) in [6.07, 6.45) is 17.2. The zero-order chi connectivity index (χ0) is 11.6. The number of hydrogen-bond donors (Lipinski definition) is 0. The second-order valence-electron chi connectivity index (χ2n) is 5.33. The first-order chi connectivity index (χ1) is 7.86. The van der Waals surface area contributed by atoms with E-state index in [4.69, 9.17) is 0 Å². The molecular formula is C21H45Cl2Hf-9. The molecule has 0 aromatic rings. The van der Waals surface area contributed by atoms with E-state index in [-0.39, 0.29) is 87.8 Å². The normalized spacial score (nSPS) is 15.8. The molecule has 3 heteroatoms. The van der Waals surface area contributed by atoms with Crippen molar-refractivity contribution in [1.82, 2.24) is 0 Å². The predicted octanol–water partition coefficient (Wildman–Crippen LogP) is 2.13. The van der Waals surface area contributed by atoms with Gasteiger partial charge in [0.2, 0.25) is 0 Å². The minimum atomic E-state index is 0. The van der Waals surface area contributed by atoms with Crippen LogP contribution in [0.3, 0.4) is 0 Å². The van der Waals surface area contributed by atoms with Crippen LogP contribution in [0.2, 0.25) is 0 Å². The zero-order valence-electron chi connectivity index (χ0n) is 17.7. The average molecular weight is 547 g/mol. The Morgan fingerprint density at radius 1 is 0.500 bits per heavy atom. The van der Waals surface area contributed by atoms with E-state index < -0.39 is 0 Å². The largest absolute Gasteiger partial charge is 1.00 e. The summed E-state index contributed by atoms with van der Waals surface area (Å²) >= 11 is 0. The van der Waals surface area contributed by atoms with E-state index in [0.29, 0.717) is 0 Å². The summed E-state index contributed by atoms with van der Waals surface area (Å²) in [6, 6.07) is 0. The van der Waals surface area contributed by atoms with E-state index in [9.17, 15) is 0 Å². The van der Waals surface area contributed by atoms with Crippen LogP contribution >= 0.6 is 0 Å². The van der Waals surface area contributed by atoms with Crippen LogP contribution in [0.25, 0.3) is 0 Å². The third kappa shape index (κ3) is 25.7. The van der Waals surface area contributed by atoms with Gasteiger partial charge in [0.05, 0.1) is 0 Å². The molecule has 0 aromatic heterocycles. The molecule has 0 N–H and O–H groups in total. The Balaban J connectivity index is -0.0000000267. The molecular weight excluding hydrogens is 502 g/mol. The van der Waals surface area contributed by atoms with Crippen molar-refractivity contribution in [2.75, 3.05) is 0 Å².